The number of amides is 4. The predicted molar refractivity (Wildman–Crippen MR) is 159 cm³/mol. The molecule has 1 saturated heterocycles. The summed E-state index contributed by atoms with van der Waals surface area (Å²) in [4.78, 5) is 58.1. The number of urea groups is 1. The fourth-order valence-electron chi connectivity index (χ4n) is 4.62. The molecule has 246 valence electrons. The van der Waals surface area contributed by atoms with Crippen molar-refractivity contribution in [1.82, 2.24) is 9.88 Å². The van der Waals surface area contributed by atoms with Crippen molar-refractivity contribution in [2.45, 2.75) is 50.3 Å². The van der Waals surface area contributed by atoms with Gasteiger partial charge in [0.2, 0.25) is 0 Å². The Morgan fingerprint density at radius 1 is 1.13 bits per heavy atom. The van der Waals surface area contributed by atoms with E-state index in [1.54, 1.807) is 20.8 Å². The van der Waals surface area contributed by atoms with Crippen molar-refractivity contribution >= 4 is 77.3 Å². The molecule has 2 heterocycles. The van der Waals surface area contributed by atoms with Crippen LogP contribution in [0.1, 0.15) is 32.9 Å². The van der Waals surface area contributed by atoms with Crippen LogP contribution in [-0.4, -0.2) is 84.3 Å². The zero-order valence-electron chi connectivity index (χ0n) is 24.6. The minimum atomic E-state index is -4.61. The normalized spacial score (nSPS) is 15.4. The molecule has 3 aromatic rings. The molecule has 2 aromatic carbocycles. The first-order chi connectivity index (χ1) is 21.3. The number of aliphatic carboxylic acids is 1. The molecule has 0 aliphatic carbocycles. The SMILES string of the molecule is CN(C(=O)[C@@H]1CN(C(=O)OC(C)(C)C)C(=O)N1c1ccc2nc(CCC(=O)O)cc([Se]C(F)(F)F)c2c1)c1ccc(F)c(Cl)c1F. The summed E-state index contributed by atoms with van der Waals surface area (Å²) in [6.07, 6.45) is -1.60. The van der Waals surface area contributed by atoms with Crippen molar-refractivity contribution in [3.63, 3.8) is 0 Å². The molecule has 10 nitrogen and oxygen atoms in total. The molecule has 0 bridgehead atoms. The van der Waals surface area contributed by atoms with E-state index in [2.05, 4.69) is 4.98 Å². The van der Waals surface area contributed by atoms with Gasteiger partial charge < -0.3 is 0 Å². The van der Waals surface area contributed by atoms with Gasteiger partial charge in [-0.25, -0.2) is 4.39 Å². The molecule has 1 N–H and O–H groups in total. The summed E-state index contributed by atoms with van der Waals surface area (Å²) in [6, 6.07) is 4.16. The molecular weight excluding hydrogens is 710 g/mol. The Morgan fingerprint density at radius 3 is 2.41 bits per heavy atom. The minimum absolute atomic E-state index is 0.0201. The number of hydrogen-bond donors (Lipinski definition) is 1. The summed E-state index contributed by atoms with van der Waals surface area (Å²) in [7, 11) is 1.14. The topological polar surface area (TPSA) is 120 Å². The van der Waals surface area contributed by atoms with Crippen molar-refractivity contribution in [3.05, 3.63) is 58.7 Å². The van der Waals surface area contributed by atoms with E-state index in [4.69, 9.17) is 21.4 Å². The van der Waals surface area contributed by atoms with Crippen LogP contribution < -0.4 is 14.3 Å². The van der Waals surface area contributed by atoms with Gasteiger partial charge in [0, 0.05) is 0 Å². The fraction of sp³-hybridized carbons (Fsp3) is 0.345. The molecule has 0 unspecified atom stereocenters. The Bertz CT molecular complexity index is 1730. The van der Waals surface area contributed by atoms with Gasteiger partial charge in [0.05, 0.1) is 0 Å². The first kappa shape index (κ1) is 34.9. The number of nitrogens with zero attached hydrogens (tertiary/aromatic N) is 4. The summed E-state index contributed by atoms with van der Waals surface area (Å²) in [5, 5.41) is 3.51. The van der Waals surface area contributed by atoms with Crippen molar-refractivity contribution in [2.75, 3.05) is 23.4 Å². The van der Waals surface area contributed by atoms with E-state index in [1.807, 2.05) is 0 Å². The molecule has 4 rings (SSSR count). The van der Waals surface area contributed by atoms with Gasteiger partial charge in [-0.3, -0.25) is 0 Å². The van der Waals surface area contributed by atoms with Gasteiger partial charge in [-0.1, -0.05) is 0 Å². The van der Waals surface area contributed by atoms with E-state index in [0.717, 1.165) is 35.0 Å². The van der Waals surface area contributed by atoms with Crippen molar-refractivity contribution < 1.29 is 51.0 Å². The number of carbonyl (C=O) groups is 4. The molecule has 1 aliphatic heterocycles. The standard InChI is InChI=1S/C29H26ClF5N4O6Se/c1-28(2,3)45-27(44)38-13-20(25(42)37(4)19-9-7-17(31)23(30)24(19)32)39(26(38)43)15-6-8-18-16(12-15)21(46-29(33,34)35)11-14(36-18)5-10-22(40)41/h6-9,11-12,20H,5,10,13H2,1-4H3,(H,40,41)/t20-/m0/s1. The van der Waals surface area contributed by atoms with Crippen LogP contribution in [0.5, 0.6) is 0 Å². The number of carbonyl (C=O) groups excluding carboxylic acids is 3. The number of pyridine rings is 1. The van der Waals surface area contributed by atoms with Gasteiger partial charge in [0.1, 0.15) is 0 Å². The molecule has 0 radical (unpaired) electrons. The molecule has 1 fully saturated rings. The number of alkyl halides is 3. The number of carboxylic acids is 1. The third-order valence-corrected chi connectivity index (χ3v) is 8.62. The maximum atomic E-state index is 14.9. The average molecular weight is 736 g/mol. The monoisotopic (exact) mass is 736 g/mol. The van der Waals surface area contributed by atoms with Crippen LogP contribution in [0.25, 0.3) is 10.9 Å². The van der Waals surface area contributed by atoms with Crippen molar-refractivity contribution in [2.24, 2.45) is 0 Å². The third kappa shape index (κ3) is 7.68. The molecule has 0 saturated carbocycles. The number of hydrogen-bond acceptors (Lipinski definition) is 6. The van der Waals surface area contributed by atoms with E-state index in [-0.39, 0.29) is 39.6 Å². The van der Waals surface area contributed by atoms with E-state index in [0.29, 0.717) is 4.90 Å². The summed E-state index contributed by atoms with van der Waals surface area (Å²) in [5.41, 5.74) is -1.38. The van der Waals surface area contributed by atoms with Crippen LogP contribution in [-0.2, 0) is 20.7 Å². The Kier molecular flexibility index (Phi) is 9.86. The van der Waals surface area contributed by atoms with E-state index in [1.165, 1.54) is 18.2 Å². The van der Waals surface area contributed by atoms with E-state index in [9.17, 15) is 41.1 Å². The van der Waals surface area contributed by atoms with Crippen molar-refractivity contribution in [1.29, 1.82) is 0 Å². The number of imide groups is 1. The number of aromatic nitrogens is 1. The number of aryl methyl sites for hydroxylation is 1. The number of carboxylic acid groups (broad SMARTS) is 1. The van der Waals surface area contributed by atoms with Crippen LogP contribution in [0.15, 0.2) is 36.4 Å². The first-order valence-corrected chi connectivity index (χ1v) is 15.5. The fourth-order valence-corrected chi connectivity index (χ4v) is 6.28. The number of ether oxygens (including phenoxy) is 1. The Balaban J connectivity index is 1.83. The van der Waals surface area contributed by atoms with E-state index >= 15 is 0 Å². The van der Waals surface area contributed by atoms with Gasteiger partial charge in [-0.05, 0) is 0 Å². The predicted octanol–water partition coefficient (Wildman–Crippen LogP) is 5.24. The van der Waals surface area contributed by atoms with Crippen LogP contribution >= 0.6 is 11.6 Å². The second-order valence-electron chi connectivity index (χ2n) is 11.1. The van der Waals surface area contributed by atoms with Crippen LogP contribution in [0.4, 0.5) is 42.9 Å². The number of rotatable bonds is 7. The molecule has 1 aliphatic rings. The van der Waals surface area contributed by atoms with Gasteiger partial charge in [-0.15, -0.1) is 0 Å². The molecule has 1 aromatic heterocycles. The maximum absolute atomic E-state index is 14.9. The summed E-state index contributed by atoms with van der Waals surface area (Å²) in [6.45, 7) is 4.06. The second kappa shape index (κ2) is 13.0. The number of anilines is 2. The Labute approximate surface area is 270 Å². The molecular formula is C29H26ClF5N4O6Se. The van der Waals surface area contributed by atoms with Gasteiger partial charge in [0.15, 0.2) is 0 Å². The zero-order chi connectivity index (χ0) is 34.3. The quantitative estimate of drug-likeness (QED) is 0.200. The van der Waals surface area contributed by atoms with Gasteiger partial charge in [0.25, 0.3) is 0 Å². The number of fused-ring (bicyclic) bond motifs is 1. The summed E-state index contributed by atoms with van der Waals surface area (Å²) in [5.74, 6) is -4.44. The van der Waals surface area contributed by atoms with Crippen LogP contribution in [0.3, 0.4) is 0 Å². The van der Waals surface area contributed by atoms with Crippen LogP contribution in [0.2, 0.25) is 5.02 Å². The molecule has 46 heavy (non-hydrogen) atoms. The first-order valence-electron chi connectivity index (χ1n) is 13.4. The molecule has 4 amide bonds. The zero-order valence-corrected chi connectivity index (χ0v) is 27.1. The van der Waals surface area contributed by atoms with Crippen molar-refractivity contribution in [3.8, 4) is 0 Å². The molecule has 0 spiro atoms. The Morgan fingerprint density at radius 2 is 1.80 bits per heavy atom. The molecule has 17 heteroatoms. The Hall–Kier alpha value is -4.01. The second-order valence-corrected chi connectivity index (χ2v) is 13.8. The summed E-state index contributed by atoms with van der Waals surface area (Å²) < 4.78 is 74.7. The van der Waals surface area contributed by atoms with E-state index < -0.39 is 84.6 Å². The molecule has 1 atom stereocenters. The summed E-state index contributed by atoms with van der Waals surface area (Å²) >= 11 is 3.58. The van der Waals surface area contributed by atoms with Gasteiger partial charge >= 0.3 is 266 Å². The number of likely N-dealkylation sites (N-methyl/N-ethyl adjacent to an activating group) is 1. The van der Waals surface area contributed by atoms with Crippen LogP contribution in [0, 0.1) is 11.6 Å². The average Bonchev–Trinajstić information content (AvgIpc) is 3.29. The number of benzene rings is 2. The van der Waals surface area contributed by atoms with Gasteiger partial charge in [-0.2, -0.15) is 0 Å². The third-order valence-electron chi connectivity index (χ3n) is 6.62. The number of halogens is 6.